The maximum absolute atomic E-state index is 4.38. The Hall–Kier alpha value is -0.590. The highest BCUT2D eigenvalue weighted by Crippen LogP contribution is 2.39. The number of halogens is 1. The van der Waals surface area contributed by atoms with Gasteiger partial charge in [-0.05, 0) is 35.0 Å². The van der Waals surface area contributed by atoms with Crippen LogP contribution in [0.5, 0.6) is 0 Å². The van der Waals surface area contributed by atoms with Crippen LogP contribution in [0.15, 0.2) is 23.2 Å². The van der Waals surface area contributed by atoms with Crippen molar-refractivity contribution in [3.8, 4) is 0 Å². The van der Waals surface area contributed by atoms with E-state index in [2.05, 4.69) is 41.9 Å². The fraction of sp³-hybridized carbons (Fsp3) is 0.571. The Morgan fingerprint density at radius 2 is 2.15 bits per heavy atom. The smallest absolute Gasteiger partial charge is 0.155 e. The van der Waals surface area contributed by atoms with Gasteiger partial charge in [-0.25, -0.2) is 9.97 Å². The highest BCUT2D eigenvalue weighted by molar-refractivity contribution is 9.10. The quantitative estimate of drug-likeness (QED) is 0.894. The van der Waals surface area contributed by atoms with Crippen LogP contribution in [0.3, 0.4) is 0 Å². The van der Waals surface area contributed by atoms with Crippen LogP contribution in [0.25, 0.3) is 5.65 Å². The van der Waals surface area contributed by atoms with Crippen LogP contribution in [-0.2, 0) is 6.54 Å². The van der Waals surface area contributed by atoms with Crippen molar-refractivity contribution in [1.29, 1.82) is 0 Å². The zero-order valence-electron chi connectivity index (χ0n) is 11.6. The second-order valence-electron chi connectivity index (χ2n) is 5.39. The van der Waals surface area contributed by atoms with Gasteiger partial charge in [0.1, 0.15) is 4.60 Å². The number of thioether (sulfide) groups is 1. The molecular formula is C14H19BrN4S. The predicted molar refractivity (Wildman–Crippen MR) is 87.1 cm³/mol. The number of fused-ring (bicyclic) bond motifs is 1. The molecule has 1 fully saturated rings. The molecule has 2 aromatic rings. The van der Waals surface area contributed by atoms with Gasteiger partial charge in [0, 0.05) is 24.0 Å². The highest BCUT2D eigenvalue weighted by atomic mass is 79.9. The van der Waals surface area contributed by atoms with Crippen molar-refractivity contribution in [2.75, 3.05) is 12.8 Å². The summed E-state index contributed by atoms with van der Waals surface area (Å²) in [6.45, 7) is 1.92. The lowest BCUT2D eigenvalue weighted by Crippen LogP contribution is -2.34. The van der Waals surface area contributed by atoms with Gasteiger partial charge in [-0.15, -0.1) is 0 Å². The third kappa shape index (κ3) is 2.87. The van der Waals surface area contributed by atoms with Gasteiger partial charge < -0.3 is 5.32 Å². The summed E-state index contributed by atoms with van der Waals surface area (Å²) in [5.41, 5.74) is 2.07. The fourth-order valence-corrected chi connectivity index (χ4v) is 4.19. The Balaban J connectivity index is 1.66. The van der Waals surface area contributed by atoms with E-state index in [-0.39, 0.29) is 0 Å². The van der Waals surface area contributed by atoms with E-state index in [0.717, 1.165) is 23.3 Å². The summed E-state index contributed by atoms with van der Waals surface area (Å²) in [6, 6.07) is 0. The molecule has 2 aromatic heterocycles. The maximum atomic E-state index is 4.38. The van der Waals surface area contributed by atoms with Gasteiger partial charge >= 0.3 is 0 Å². The van der Waals surface area contributed by atoms with Gasteiger partial charge in [-0.2, -0.15) is 11.8 Å². The first-order chi connectivity index (χ1) is 9.72. The predicted octanol–water partition coefficient (Wildman–Crippen LogP) is 3.26. The fourth-order valence-electron chi connectivity index (χ4n) is 2.94. The van der Waals surface area contributed by atoms with E-state index in [0.29, 0.717) is 4.75 Å². The summed E-state index contributed by atoms with van der Waals surface area (Å²) in [7, 11) is 0. The molecule has 0 aromatic carbocycles. The Bertz CT molecular complexity index is 592. The first-order valence-corrected chi connectivity index (χ1v) is 8.98. The molecule has 0 spiro atoms. The molecule has 0 unspecified atom stereocenters. The highest BCUT2D eigenvalue weighted by Gasteiger charge is 2.32. The molecule has 1 aliphatic carbocycles. The van der Waals surface area contributed by atoms with Gasteiger partial charge in [-0.3, -0.25) is 4.40 Å². The molecule has 6 heteroatoms. The first kappa shape index (κ1) is 14.4. The lowest BCUT2D eigenvalue weighted by Gasteiger charge is -2.27. The molecule has 0 atom stereocenters. The van der Waals surface area contributed by atoms with E-state index >= 15 is 0 Å². The number of imidazole rings is 1. The van der Waals surface area contributed by atoms with E-state index in [1.165, 1.54) is 31.4 Å². The molecule has 108 valence electrons. The van der Waals surface area contributed by atoms with Crippen molar-refractivity contribution < 1.29 is 0 Å². The molecule has 0 radical (unpaired) electrons. The van der Waals surface area contributed by atoms with Crippen LogP contribution in [0.4, 0.5) is 0 Å². The van der Waals surface area contributed by atoms with E-state index in [1.807, 2.05) is 24.2 Å². The minimum Gasteiger partial charge on any atom is -0.310 e. The maximum Gasteiger partial charge on any atom is 0.155 e. The van der Waals surface area contributed by atoms with E-state index in [1.54, 1.807) is 6.20 Å². The number of rotatable bonds is 5. The second-order valence-corrected chi connectivity index (χ2v) is 7.47. The molecule has 4 nitrogen and oxygen atoms in total. The van der Waals surface area contributed by atoms with Gasteiger partial charge in [0.15, 0.2) is 5.65 Å². The minimum atomic E-state index is 0.447. The topological polar surface area (TPSA) is 42.2 Å². The molecule has 0 bridgehead atoms. The van der Waals surface area contributed by atoms with E-state index in [4.69, 9.17) is 0 Å². The van der Waals surface area contributed by atoms with Crippen molar-refractivity contribution in [1.82, 2.24) is 19.7 Å². The molecule has 20 heavy (non-hydrogen) atoms. The van der Waals surface area contributed by atoms with E-state index < -0.39 is 0 Å². The number of nitrogens with zero attached hydrogens (tertiary/aromatic N) is 3. The van der Waals surface area contributed by atoms with Gasteiger partial charge in [0.25, 0.3) is 0 Å². The minimum absolute atomic E-state index is 0.447. The lowest BCUT2D eigenvalue weighted by molar-refractivity contribution is 0.529. The average molecular weight is 355 g/mol. The molecule has 2 heterocycles. The number of nitrogens with one attached hydrogen (secondary N) is 1. The average Bonchev–Trinajstić information content (AvgIpc) is 3.07. The standard InChI is InChI=1S/C14H19BrN4S/c1-20-14(4-2-3-5-14)10-16-6-11-7-18-13-8-17-12(15)9-19(11)13/h7-9,16H,2-6,10H2,1H3. The largest absolute Gasteiger partial charge is 0.310 e. The van der Waals surface area contributed by atoms with Gasteiger partial charge in [-0.1, -0.05) is 12.8 Å². The molecule has 1 N–H and O–H groups in total. The first-order valence-electron chi connectivity index (χ1n) is 6.96. The van der Waals surface area contributed by atoms with Crippen molar-refractivity contribution in [3.05, 3.63) is 28.9 Å². The van der Waals surface area contributed by atoms with Crippen LogP contribution < -0.4 is 5.32 Å². The zero-order valence-corrected chi connectivity index (χ0v) is 14.0. The van der Waals surface area contributed by atoms with Crippen LogP contribution in [-0.4, -0.2) is 31.9 Å². The summed E-state index contributed by atoms with van der Waals surface area (Å²) in [5.74, 6) is 0. The molecule has 0 saturated heterocycles. The monoisotopic (exact) mass is 354 g/mol. The molecule has 3 rings (SSSR count). The number of hydrogen-bond acceptors (Lipinski definition) is 4. The molecule has 0 aliphatic heterocycles. The zero-order chi connectivity index (χ0) is 14.0. The summed E-state index contributed by atoms with van der Waals surface area (Å²) >= 11 is 5.43. The Labute approximate surface area is 131 Å². The van der Waals surface area contributed by atoms with Crippen LogP contribution in [0.2, 0.25) is 0 Å². The van der Waals surface area contributed by atoms with Crippen LogP contribution in [0.1, 0.15) is 31.4 Å². The molecule has 0 amide bonds. The van der Waals surface area contributed by atoms with Crippen molar-refractivity contribution >= 4 is 33.3 Å². The summed E-state index contributed by atoms with van der Waals surface area (Å²) in [4.78, 5) is 8.58. The van der Waals surface area contributed by atoms with Crippen LogP contribution in [0, 0.1) is 0 Å². The summed E-state index contributed by atoms with van der Waals surface area (Å²) in [5, 5.41) is 3.62. The van der Waals surface area contributed by atoms with Crippen molar-refractivity contribution in [3.63, 3.8) is 0 Å². The summed E-state index contributed by atoms with van der Waals surface area (Å²) < 4.78 is 3.37. The van der Waals surface area contributed by atoms with Gasteiger partial charge in [0.05, 0.1) is 18.1 Å². The van der Waals surface area contributed by atoms with Crippen molar-refractivity contribution in [2.45, 2.75) is 37.0 Å². The third-order valence-electron chi connectivity index (χ3n) is 4.14. The normalized spacial score (nSPS) is 17.9. The molecular weight excluding hydrogens is 336 g/mol. The third-order valence-corrected chi connectivity index (χ3v) is 5.97. The van der Waals surface area contributed by atoms with Crippen LogP contribution >= 0.6 is 27.7 Å². The Kier molecular flexibility index (Phi) is 4.33. The van der Waals surface area contributed by atoms with Gasteiger partial charge in [0.2, 0.25) is 0 Å². The Morgan fingerprint density at radius 1 is 1.35 bits per heavy atom. The number of aromatic nitrogens is 3. The van der Waals surface area contributed by atoms with E-state index in [9.17, 15) is 0 Å². The molecule has 1 aliphatic rings. The SMILES string of the molecule is CSC1(CNCc2cnc3cnc(Br)cn23)CCCC1. The molecule has 1 saturated carbocycles. The lowest BCUT2D eigenvalue weighted by atomic mass is 10.1. The summed E-state index contributed by atoms with van der Waals surface area (Å²) in [6.07, 6.45) is 13.3. The Morgan fingerprint density at radius 3 is 2.90 bits per heavy atom. The number of hydrogen-bond donors (Lipinski definition) is 1. The van der Waals surface area contributed by atoms with Crippen molar-refractivity contribution in [2.24, 2.45) is 0 Å². The second kappa shape index (κ2) is 6.03.